The lowest BCUT2D eigenvalue weighted by molar-refractivity contribution is 0.111. The molecule has 5 nitrogen and oxygen atoms in total. The molecule has 0 unspecified atom stereocenters. The molecule has 2 fully saturated rings. The molecule has 5 heteroatoms. The second-order valence-corrected chi connectivity index (χ2v) is 7.42. The molecule has 0 radical (unpaired) electrons. The topological polar surface area (TPSA) is 65.7 Å². The van der Waals surface area contributed by atoms with Crippen LogP contribution in [0.1, 0.15) is 17.0 Å². The minimum Gasteiger partial charge on any atom is -0.396 e. The van der Waals surface area contributed by atoms with E-state index < -0.39 is 6.10 Å². The Bertz CT molecular complexity index is 819. The van der Waals surface area contributed by atoms with Crippen LogP contribution in [0.4, 0.5) is 0 Å². The highest BCUT2D eigenvalue weighted by molar-refractivity contribution is 5.36. The van der Waals surface area contributed by atoms with E-state index >= 15 is 0 Å². The molecule has 0 amide bonds. The van der Waals surface area contributed by atoms with E-state index in [1.165, 1.54) is 5.56 Å². The largest absolute Gasteiger partial charge is 0.396 e. The van der Waals surface area contributed by atoms with E-state index in [2.05, 4.69) is 17.0 Å². The lowest BCUT2D eigenvalue weighted by Crippen LogP contribution is -2.28. The molecule has 25 heavy (non-hydrogen) atoms. The zero-order chi connectivity index (χ0) is 17.6. The van der Waals surface area contributed by atoms with E-state index in [1.54, 1.807) is 17.8 Å². The summed E-state index contributed by atoms with van der Waals surface area (Å²) in [4.78, 5) is 14.4. The number of hydrogen-bond acceptors (Lipinski definition) is 4. The van der Waals surface area contributed by atoms with Crippen LogP contribution in [0.5, 0.6) is 0 Å². The highest BCUT2D eigenvalue weighted by Crippen LogP contribution is 2.68. The van der Waals surface area contributed by atoms with E-state index in [4.69, 9.17) is 0 Å². The van der Waals surface area contributed by atoms with Gasteiger partial charge in [0, 0.05) is 50.5 Å². The van der Waals surface area contributed by atoms with Gasteiger partial charge in [0.2, 0.25) is 0 Å². The van der Waals surface area contributed by atoms with Crippen LogP contribution in [0.3, 0.4) is 0 Å². The van der Waals surface area contributed by atoms with Crippen molar-refractivity contribution in [3.05, 3.63) is 70.1 Å². The Morgan fingerprint density at radius 3 is 2.68 bits per heavy atom. The second-order valence-electron chi connectivity index (χ2n) is 7.42. The monoisotopic (exact) mass is 340 g/mol. The smallest absolute Gasteiger partial charge is 0.254 e. The van der Waals surface area contributed by atoms with Gasteiger partial charge < -0.3 is 14.8 Å². The van der Waals surface area contributed by atoms with Crippen molar-refractivity contribution in [1.29, 1.82) is 0 Å². The minimum absolute atomic E-state index is 0.00653. The molecule has 1 aliphatic heterocycles. The number of aliphatic hydroxyl groups is 2. The normalized spacial score (nSPS) is 31.6. The molecule has 2 aliphatic rings. The van der Waals surface area contributed by atoms with Crippen molar-refractivity contribution >= 4 is 0 Å². The number of β-amino-alcohol motifs (C(OH)–C–C–N with tert-alkyl or cyclic N) is 1. The summed E-state index contributed by atoms with van der Waals surface area (Å²) < 4.78 is 1.58. The zero-order valence-electron chi connectivity index (χ0n) is 14.4. The average molecular weight is 340 g/mol. The SMILES string of the molecule is Cn1cccc(CN2C[C@H](O)[C@@]3(C2)[C@H](CO)[C@H]3c2ccccc2)c1=O. The highest BCUT2D eigenvalue weighted by Gasteiger charge is 2.70. The van der Waals surface area contributed by atoms with Crippen molar-refractivity contribution in [1.82, 2.24) is 9.47 Å². The van der Waals surface area contributed by atoms with Gasteiger partial charge >= 0.3 is 0 Å². The van der Waals surface area contributed by atoms with Gasteiger partial charge in [-0.2, -0.15) is 0 Å². The number of likely N-dealkylation sites (tertiary alicyclic amines) is 1. The number of rotatable bonds is 4. The van der Waals surface area contributed by atoms with Crippen LogP contribution < -0.4 is 5.56 Å². The van der Waals surface area contributed by atoms with Gasteiger partial charge in [-0.05, 0) is 23.5 Å². The van der Waals surface area contributed by atoms with Crippen molar-refractivity contribution in [2.45, 2.75) is 18.6 Å². The summed E-state index contributed by atoms with van der Waals surface area (Å²) in [6, 6.07) is 13.9. The summed E-state index contributed by atoms with van der Waals surface area (Å²) in [6.45, 7) is 1.86. The first kappa shape index (κ1) is 16.5. The van der Waals surface area contributed by atoms with Crippen LogP contribution in [0, 0.1) is 11.3 Å². The first-order chi connectivity index (χ1) is 12.1. The number of pyridine rings is 1. The van der Waals surface area contributed by atoms with Gasteiger partial charge in [0.15, 0.2) is 0 Å². The van der Waals surface area contributed by atoms with Gasteiger partial charge in [-0.15, -0.1) is 0 Å². The first-order valence-electron chi connectivity index (χ1n) is 8.78. The van der Waals surface area contributed by atoms with Crippen molar-refractivity contribution in [2.24, 2.45) is 18.4 Å². The summed E-state index contributed by atoms with van der Waals surface area (Å²) in [5, 5.41) is 20.6. The lowest BCUT2D eigenvalue weighted by Gasteiger charge is -2.16. The summed E-state index contributed by atoms with van der Waals surface area (Å²) in [7, 11) is 1.75. The summed E-state index contributed by atoms with van der Waals surface area (Å²) in [6.07, 6.45) is 1.27. The molecule has 1 aliphatic carbocycles. The Morgan fingerprint density at radius 1 is 1.20 bits per heavy atom. The maximum Gasteiger partial charge on any atom is 0.254 e. The summed E-state index contributed by atoms with van der Waals surface area (Å²) in [5.41, 5.74) is 1.63. The van der Waals surface area contributed by atoms with E-state index in [9.17, 15) is 15.0 Å². The average Bonchev–Trinajstić information content (AvgIpc) is 3.16. The number of hydrogen-bond donors (Lipinski definition) is 2. The summed E-state index contributed by atoms with van der Waals surface area (Å²) in [5.74, 6) is 0.255. The Labute approximate surface area is 147 Å². The van der Waals surface area contributed by atoms with Gasteiger partial charge in [-0.1, -0.05) is 36.4 Å². The maximum absolute atomic E-state index is 12.3. The Morgan fingerprint density at radius 2 is 1.96 bits per heavy atom. The van der Waals surface area contributed by atoms with Gasteiger partial charge in [0.05, 0.1) is 6.10 Å². The van der Waals surface area contributed by atoms with Crippen LogP contribution >= 0.6 is 0 Å². The van der Waals surface area contributed by atoms with Gasteiger partial charge in [-0.25, -0.2) is 0 Å². The molecule has 1 spiro atoms. The van der Waals surface area contributed by atoms with Crippen LogP contribution in [0.25, 0.3) is 0 Å². The van der Waals surface area contributed by atoms with Crippen LogP contribution in [-0.4, -0.2) is 45.5 Å². The van der Waals surface area contributed by atoms with Crippen LogP contribution in [0.15, 0.2) is 53.5 Å². The molecule has 132 valence electrons. The van der Waals surface area contributed by atoms with Crippen LogP contribution in [0.2, 0.25) is 0 Å². The van der Waals surface area contributed by atoms with Crippen molar-refractivity contribution in [3.63, 3.8) is 0 Å². The first-order valence-corrected chi connectivity index (χ1v) is 8.78. The highest BCUT2D eigenvalue weighted by atomic mass is 16.3. The molecule has 1 saturated heterocycles. The maximum atomic E-state index is 12.3. The number of aliphatic hydroxyl groups excluding tert-OH is 2. The Kier molecular flexibility index (Phi) is 4.02. The fraction of sp³-hybridized carbons (Fsp3) is 0.450. The Hall–Kier alpha value is -1.95. The molecule has 4 atom stereocenters. The van der Waals surface area contributed by atoms with E-state index in [1.807, 2.05) is 30.3 Å². The van der Waals surface area contributed by atoms with E-state index in [-0.39, 0.29) is 29.4 Å². The number of benzene rings is 1. The van der Waals surface area contributed by atoms with Gasteiger partial charge in [0.1, 0.15) is 0 Å². The molecular formula is C20H24N2O3. The third-order valence-electron chi connectivity index (χ3n) is 6.06. The Balaban J connectivity index is 1.57. The molecule has 1 aromatic carbocycles. The van der Waals surface area contributed by atoms with Crippen molar-refractivity contribution in [2.75, 3.05) is 19.7 Å². The lowest BCUT2D eigenvalue weighted by atomic mass is 9.95. The minimum atomic E-state index is -0.484. The van der Waals surface area contributed by atoms with Crippen LogP contribution in [-0.2, 0) is 13.6 Å². The zero-order valence-corrected chi connectivity index (χ0v) is 14.4. The third-order valence-corrected chi connectivity index (χ3v) is 6.06. The number of aromatic nitrogens is 1. The van der Waals surface area contributed by atoms with Crippen molar-refractivity contribution in [3.8, 4) is 0 Å². The molecule has 1 aromatic heterocycles. The molecule has 2 N–H and O–H groups in total. The molecule has 2 heterocycles. The van der Waals surface area contributed by atoms with E-state index in [0.29, 0.717) is 19.6 Å². The molecule has 1 saturated carbocycles. The van der Waals surface area contributed by atoms with E-state index in [0.717, 1.165) is 5.56 Å². The summed E-state index contributed by atoms with van der Waals surface area (Å²) >= 11 is 0. The number of aryl methyl sites for hydroxylation is 1. The molecule has 0 bridgehead atoms. The quantitative estimate of drug-likeness (QED) is 0.870. The van der Waals surface area contributed by atoms with Crippen molar-refractivity contribution < 1.29 is 10.2 Å². The predicted octanol–water partition coefficient (Wildman–Crippen LogP) is 0.954. The fourth-order valence-electron chi connectivity index (χ4n) is 4.80. The van der Waals surface area contributed by atoms with Gasteiger partial charge in [-0.3, -0.25) is 9.69 Å². The van der Waals surface area contributed by atoms with Gasteiger partial charge in [0.25, 0.3) is 5.56 Å². The molecular weight excluding hydrogens is 316 g/mol. The fourth-order valence-corrected chi connectivity index (χ4v) is 4.80. The predicted molar refractivity (Wildman–Crippen MR) is 95.2 cm³/mol. The number of nitrogens with zero attached hydrogens (tertiary/aromatic N) is 2. The third kappa shape index (κ3) is 2.54. The molecule has 4 rings (SSSR count). The standard InChI is InChI=1S/C20H24N2O3/c1-21-9-5-8-15(19(21)25)10-22-11-17(24)20(13-22)16(12-23)18(20)14-6-3-2-4-7-14/h2-9,16-18,23-24H,10-13H2,1H3/t16-,17+,18-,20-/m1/s1. The second kappa shape index (κ2) is 6.09. The molecule has 2 aromatic rings.